The van der Waals surface area contributed by atoms with Crippen molar-refractivity contribution in [3.05, 3.63) is 47.4 Å². The van der Waals surface area contributed by atoms with Crippen LogP contribution in [0.2, 0.25) is 0 Å². The third kappa shape index (κ3) is 2.67. The SMILES string of the molecule is CC(C)Oc1ccc2c(c1)C(c1cc(N3CCC3)ncn1)=NC2. The maximum absolute atomic E-state index is 5.82. The van der Waals surface area contributed by atoms with Crippen molar-refractivity contribution in [2.24, 2.45) is 4.99 Å². The van der Waals surface area contributed by atoms with Crippen LogP contribution in [0.15, 0.2) is 35.6 Å². The third-order valence-electron chi connectivity index (χ3n) is 4.19. The number of benzene rings is 1. The quantitative estimate of drug-likeness (QED) is 0.871. The highest BCUT2D eigenvalue weighted by Crippen LogP contribution is 2.28. The number of hydrogen-bond acceptors (Lipinski definition) is 5. The highest BCUT2D eigenvalue weighted by molar-refractivity contribution is 6.14. The van der Waals surface area contributed by atoms with Crippen LogP contribution in [0.25, 0.3) is 0 Å². The van der Waals surface area contributed by atoms with Crippen molar-refractivity contribution in [2.75, 3.05) is 18.0 Å². The van der Waals surface area contributed by atoms with Gasteiger partial charge in [0.05, 0.1) is 24.1 Å². The van der Waals surface area contributed by atoms with E-state index in [9.17, 15) is 0 Å². The molecule has 1 saturated heterocycles. The molecule has 1 fully saturated rings. The molecule has 5 heteroatoms. The van der Waals surface area contributed by atoms with Crippen LogP contribution in [0.3, 0.4) is 0 Å². The van der Waals surface area contributed by atoms with E-state index < -0.39 is 0 Å². The molecule has 5 nitrogen and oxygen atoms in total. The molecular formula is C18H20N4O. The fourth-order valence-electron chi connectivity index (χ4n) is 2.92. The normalized spacial score (nSPS) is 16.1. The van der Waals surface area contributed by atoms with Crippen LogP contribution >= 0.6 is 0 Å². The fraction of sp³-hybridized carbons (Fsp3) is 0.389. The molecule has 1 aromatic heterocycles. The van der Waals surface area contributed by atoms with Crippen LogP contribution in [0.1, 0.15) is 37.1 Å². The number of fused-ring (bicyclic) bond motifs is 1. The van der Waals surface area contributed by atoms with E-state index in [1.165, 1.54) is 12.0 Å². The predicted octanol–water partition coefficient (Wildman–Crippen LogP) is 2.82. The summed E-state index contributed by atoms with van der Waals surface area (Å²) in [5, 5.41) is 0. The Hall–Kier alpha value is -2.43. The molecule has 1 aromatic carbocycles. The lowest BCUT2D eigenvalue weighted by Crippen LogP contribution is -2.37. The lowest BCUT2D eigenvalue weighted by Gasteiger charge is -2.31. The average molecular weight is 308 g/mol. The molecule has 0 amide bonds. The minimum atomic E-state index is 0.159. The second-order valence-electron chi connectivity index (χ2n) is 6.25. The van der Waals surface area contributed by atoms with Crippen molar-refractivity contribution >= 4 is 11.5 Å². The van der Waals surface area contributed by atoms with Gasteiger partial charge in [-0.25, -0.2) is 9.97 Å². The summed E-state index contributed by atoms with van der Waals surface area (Å²) in [6.45, 7) is 6.92. The molecule has 3 heterocycles. The van der Waals surface area contributed by atoms with Gasteiger partial charge in [-0.15, -0.1) is 0 Å². The van der Waals surface area contributed by atoms with Gasteiger partial charge < -0.3 is 9.64 Å². The monoisotopic (exact) mass is 308 g/mol. The zero-order valence-electron chi connectivity index (χ0n) is 13.5. The average Bonchev–Trinajstić information content (AvgIpc) is 2.88. The van der Waals surface area contributed by atoms with Gasteiger partial charge in [0, 0.05) is 24.7 Å². The van der Waals surface area contributed by atoms with Crippen LogP contribution in [0.5, 0.6) is 5.75 Å². The van der Waals surface area contributed by atoms with Crippen LogP contribution in [-0.2, 0) is 6.54 Å². The minimum absolute atomic E-state index is 0.159. The van der Waals surface area contributed by atoms with Crippen molar-refractivity contribution in [3.8, 4) is 5.75 Å². The number of aliphatic imine (C=N–C) groups is 1. The summed E-state index contributed by atoms with van der Waals surface area (Å²) in [5.74, 6) is 1.87. The summed E-state index contributed by atoms with van der Waals surface area (Å²) in [5.41, 5.74) is 4.18. The Morgan fingerprint density at radius 3 is 2.74 bits per heavy atom. The number of aromatic nitrogens is 2. The molecule has 0 radical (unpaired) electrons. The summed E-state index contributed by atoms with van der Waals surface area (Å²) < 4.78 is 5.82. The van der Waals surface area contributed by atoms with Crippen molar-refractivity contribution < 1.29 is 4.74 Å². The maximum Gasteiger partial charge on any atom is 0.132 e. The number of ether oxygens (including phenoxy) is 1. The van der Waals surface area contributed by atoms with Crippen molar-refractivity contribution in [1.82, 2.24) is 9.97 Å². The molecule has 118 valence electrons. The number of nitrogens with zero attached hydrogens (tertiary/aromatic N) is 4. The van der Waals surface area contributed by atoms with Crippen molar-refractivity contribution in [1.29, 1.82) is 0 Å². The molecule has 23 heavy (non-hydrogen) atoms. The first-order valence-corrected chi connectivity index (χ1v) is 8.12. The maximum atomic E-state index is 5.82. The highest BCUT2D eigenvalue weighted by atomic mass is 16.5. The molecule has 0 bridgehead atoms. The van der Waals surface area contributed by atoms with Crippen LogP contribution in [-0.4, -0.2) is 34.9 Å². The van der Waals surface area contributed by atoms with Gasteiger partial charge in [0.25, 0.3) is 0 Å². The zero-order chi connectivity index (χ0) is 15.8. The van der Waals surface area contributed by atoms with Gasteiger partial charge in [-0.1, -0.05) is 6.07 Å². The molecular weight excluding hydrogens is 288 g/mol. The van der Waals surface area contributed by atoms with Crippen molar-refractivity contribution in [3.63, 3.8) is 0 Å². The Kier molecular flexibility index (Phi) is 3.48. The van der Waals surface area contributed by atoms with Gasteiger partial charge in [-0.2, -0.15) is 0 Å². The third-order valence-corrected chi connectivity index (χ3v) is 4.19. The second-order valence-corrected chi connectivity index (χ2v) is 6.25. The molecule has 2 aliphatic rings. The van der Waals surface area contributed by atoms with Gasteiger partial charge in [0.1, 0.15) is 17.9 Å². The molecule has 0 atom stereocenters. The van der Waals surface area contributed by atoms with E-state index in [0.717, 1.165) is 41.6 Å². The summed E-state index contributed by atoms with van der Waals surface area (Å²) in [6, 6.07) is 8.24. The first kappa shape index (κ1) is 14.2. The van der Waals surface area contributed by atoms with E-state index in [4.69, 9.17) is 9.73 Å². The Labute approximate surface area is 136 Å². The number of hydrogen-bond donors (Lipinski definition) is 0. The Morgan fingerprint density at radius 1 is 1.13 bits per heavy atom. The number of rotatable bonds is 4. The molecule has 0 saturated carbocycles. The molecule has 0 aliphatic carbocycles. The zero-order valence-corrected chi connectivity index (χ0v) is 13.5. The largest absolute Gasteiger partial charge is 0.491 e. The molecule has 0 spiro atoms. The topological polar surface area (TPSA) is 50.6 Å². The van der Waals surface area contributed by atoms with Gasteiger partial charge in [-0.05, 0) is 38.0 Å². The lowest BCUT2D eigenvalue weighted by molar-refractivity contribution is 0.242. The molecule has 0 N–H and O–H groups in total. The van der Waals surface area contributed by atoms with E-state index in [2.05, 4.69) is 27.0 Å². The predicted molar refractivity (Wildman–Crippen MR) is 90.4 cm³/mol. The Balaban J connectivity index is 1.67. The number of anilines is 1. The smallest absolute Gasteiger partial charge is 0.132 e. The Bertz CT molecular complexity index is 765. The van der Waals surface area contributed by atoms with Gasteiger partial charge in [0.2, 0.25) is 0 Å². The lowest BCUT2D eigenvalue weighted by atomic mass is 10.0. The van der Waals surface area contributed by atoms with Crippen LogP contribution < -0.4 is 9.64 Å². The second kappa shape index (κ2) is 5.65. The summed E-state index contributed by atoms with van der Waals surface area (Å²) in [7, 11) is 0. The molecule has 4 rings (SSSR count). The Morgan fingerprint density at radius 2 is 2.00 bits per heavy atom. The van der Waals surface area contributed by atoms with E-state index in [1.807, 2.05) is 26.0 Å². The van der Waals surface area contributed by atoms with Gasteiger partial charge >= 0.3 is 0 Å². The summed E-state index contributed by atoms with van der Waals surface area (Å²) >= 11 is 0. The molecule has 0 unspecified atom stereocenters. The summed E-state index contributed by atoms with van der Waals surface area (Å²) in [6.07, 6.45) is 3.03. The van der Waals surface area contributed by atoms with Crippen LogP contribution in [0, 0.1) is 0 Å². The van der Waals surface area contributed by atoms with E-state index >= 15 is 0 Å². The van der Waals surface area contributed by atoms with Gasteiger partial charge in [0.15, 0.2) is 0 Å². The highest BCUT2D eigenvalue weighted by Gasteiger charge is 2.22. The van der Waals surface area contributed by atoms with Crippen molar-refractivity contribution in [2.45, 2.75) is 32.9 Å². The van der Waals surface area contributed by atoms with Crippen LogP contribution in [0.4, 0.5) is 5.82 Å². The standard InChI is InChI=1S/C18H20N4O/c1-12(2)23-14-5-4-13-10-19-18(15(13)8-14)16-9-17(21-11-20-16)22-6-3-7-22/h4-5,8-9,11-12H,3,6-7,10H2,1-2H3. The summed E-state index contributed by atoms with van der Waals surface area (Å²) in [4.78, 5) is 15.8. The fourth-order valence-corrected chi connectivity index (χ4v) is 2.92. The van der Waals surface area contributed by atoms with E-state index in [0.29, 0.717) is 6.54 Å². The van der Waals surface area contributed by atoms with Gasteiger partial charge in [-0.3, -0.25) is 4.99 Å². The molecule has 2 aromatic rings. The minimum Gasteiger partial charge on any atom is -0.491 e. The molecule has 2 aliphatic heterocycles. The first-order chi connectivity index (χ1) is 11.2. The first-order valence-electron chi connectivity index (χ1n) is 8.12. The van der Waals surface area contributed by atoms with E-state index in [1.54, 1.807) is 6.33 Å². The van der Waals surface area contributed by atoms with E-state index in [-0.39, 0.29) is 6.10 Å².